The zero-order valence-corrected chi connectivity index (χ0v) is 10.3. The molecule has 74 valence electrons. The number of hydrogen-bond acceptors (Lipinski definition) is 0. The minimum atomic E-state index is -1.88. The second kappa shape index (κ2) is 4.07. The standard InChI is InChI=1S/C12H21P/c1-9(2)13(10(3)4,11(5)6)12(7)8/h13H,1,3,5,7H2,2,4,6,8H3. The molecule has 0 amide bonds. The van der Waals surface area contributed by atoms with Crippen LogP contribution in [-0.4, -0.2) is 0 Å². The predicted octanol–water partition coefficient (Wildman–Crippen LogP) is 4.87. The summed E-state index contributed by atoms with van der Waals surface area (Å²) in [5.74, 6) is 0. The average molecular weight is 196 g/mol. The summed E-state index contributed by atoms with van der Waals surface area (Å²) in [6.07, 6.45) is 0. The number of allylic oxidation sites excluding steroid dienone is 4. The summed E-state index contributed by atoms with van der Waals surface area (Å²) in [5, 5.41) is 4.72. The fraction of sp³-hybridized carbons (Fsp3) is 0.333. The van der Waals surface area contributed by atoms with E-state index in [1.807, 2.05) is 0 Å². The molecule has 0 atom stereocenters. The Morgan fingerprint density at radius 3 is 0.769 bits per heavy atom. The Morgan fingerprint density at radius 2 is 0.769 bits per heavy atom. The van der Waals surface area contributed by atoms with Gasteiger partial charge in [-0.1, -0.05) is 0 Å². The summed E-state index contributed by atoms with van der Waals surface area (Å²) < 4.78 is 0. The van der Waals surface area contributed by atoms with Gasteiger partial charge in [0.15, 0.2) is 0 Å². The molecule has 0 fully saturated rings. The molecule has 0 aliphatic rings. The Labute approximate surface area is 83.1 Å². The summed E-state index contributed by atoms with van der Waals surface area (Å²) in [7, 11) is -1.88. The Balaban J connectivity index is 5.60. The van der Waals surface area contributed by atoms with Crippen LogP contribution in [0.4, 0.5) is 0 Å². The van der Waals surface area contributed by atoms with E-state index in [-0.39, 0.29) is 0 Å². The van der Waals surface area contributed by atoms with Crippen LogP contribution < -0.4 is 0 Å². The van der Waals surface area contributed by atoms with Crippen LogP contribution >= 0.6 is 7.26 Å². The topological polar surface area (TPSA) is 0 Å². The first-order chi connectivity index (χ1) is 5.77. The number of rotatable bonds is 4. The molecule has 0 saturated carbocycles. The summed E-state index contributed by atoms with van der Waals surface area (Å²) in [6, 6.07) is 0. The molecule has 0 N–H and O–H groups in total. The molecule has 0 heterocycles. The van der Waals surface area contributed by atoms with Gasteiger partial charge >= 0.3 is 82.5 Å². The number of hydrogen-bond donors (Lipinski definition) is 0. The molecule has 0 aliphatic carbocycles. The zero-order chi connectivity index (χ0) is 10.8. The van der Waals surface area contributed by atoms with Crippen molar-refractivity contribution >= 4 is 7.26 Å². The van der Waals surface area contributed by atoms with E-state index in [1.54, 1.807) is 0 Å². The van der Waals surface area contributed by atoms with Gasteiger partial charge in [-0.2, -0.15) is 0 Å². The van der Waals surface area contributed by atoms with Crippen molar-refractivity contribution in [2.75, 3.05) is 0 Å². The van der Waals surface area contributed by atoms with E-state index in [0.717, 1.165) is 0 Å². The van der Waals surface area contributed by atoms with Crippen molar-refractivity contribution in [3.63, 3.8) is 0 Å². The van der Waals surface area contributed by atoms with Crippen molar-refractivity contribution in [1.82, 2.24) is 0 Å². The van der Waals surface area contributed by atoms with Crippen LogP contribution in [0, 0.1) is 0 Å². The average Bonchev–Trinajstić information content (AvgIpc) is 1.82. The van der Waals surface area contributed by atoms with E-state index in [0.29, 0.717) is 0 Å². The second-order valence-electron chi connectivity index (χ2n) is 3.87. The van der Waals surface area contributed by atoms with E-state index >= 15 is 0 Å². The maximum absolute atomic E-state index is 4.07. The maximum atomic E-state index is 4.07. The van der Waals surface area contributed by atoms with Gasteiger partial charge in [0.2, 0.25) is 0 Å². The van der Waals surface area contributed by atoms with Gasteiger partial charge in [-0.15, -0.1) is 0 Å². The van der Waals surface area contributed by atoms with Gasteiger partial charge in [-0.05, 0) is 0 Å². The molecule has 0 rings (SSSR count). The molecule has 0 unspecified atom stereocenters. The van der Waals surface area contributed by atoms with Crippen molar-refractivity contribution < 1.29 is 0 Å². The molecule has 0 radical (unpaired) electrons. The Hall–Kier alpha value is -0.610. The predicted molar refractivity (Wildman–Crippen MR) is 67.6 cm³/mol. The fourth-order valence-corrected chi connectivity index (χ4v) is 6.56. The Bertz CT molecular complexity index is 220. The van der Waals surface area contributed by atoms with Gasteiger partial charge in [0, 0.05) is 0 Å². The molecule has 0 bridgehead atoms. The first kappa shape index (κ1) is 12.4. The van der Waals surface area contributed by atoms with Gasteiger partial charge < -0.3 is 0 Å². The van der Waals surface area contributed by atoms with Gasteiger partial charge in [-0.25, -0.2) is 0 Å². The summed E-state index contributed by atoms with van der Waals surface area (Å²) >= 11 is 0. The van der Waals surface area contributed by atoms with Gasteiger partial charge in [0.05, 0.1) is 0 Å². The molecule has 1 heteroatoms. The third-order valence-corrected chi connectivity index (χ3v) is 7.68. The Kier molecular flexibility index (Phi) is 3.88. The summed E-state index contributed by atoms with van der Waals surface area (Å²) in [4.78, 5) is 0. The first-order valence-electron chi connectivity index (χ1n) is 4.41. The van der Waals surface area contributed by atoms with E-state index in [9.17, 15) is 0 Å². The fourth-order valence-electron chi connectivity index (χ4n) is 2.19. The Morgan fingerprint density at radius 1 is 0.615 bits per heavy atom. The van der Waals surface area contributed by atoms with Crippen molar-refractivity contribution in [2.45, 2.75) is 27.7 Å². The molecule has 0 nitrogen and oxygen atoms in total. The van der Waals surface area contributed by atoms with Crippen LogP contribution in [0.2, 0.25) is 0 Å². The normalized spacial score (nSPS) is 12.0. The molecular formula is C12H21P. The van der Waals surface area contributed by atoms with Crippen LogP contribution in [0.1, 0.15) is 27.7 Å². The quantitative estimate of drug-likeness (QED) is 0.563. The van der Waals surface area contributed by atoms with Crippen LogP contribution in [-0.2, 0) is 0 Å². The van der Waals surface area contributed by atoms with Crippen LogP contribution in [0.15, 0.2) is 47.6 Å². The van der Waals surface area contributed by atoms with Gasteiger partial charge in [-0.3, -0.25) is 0 Å². The SMILES string of the molecule is C=C(C)[PH](C(=C)C)(C(=C)C)C(=C)C. The third-order valence-electron chi connectivity index (χ3n) is 2.56. The molecule has 0 spiro atoms. The summed E-state index contributed by atoms with van der Waals surface area (Å²) in [6.45, 7) is 24.5. The second-order valence-corrected chi connectivity index (χ2v) is 8.79. The van der Waals surface area contributed by atoms with Crippen LogP contribution in [0.3, 0.4) is 0 Å². The van der Waals surface area contributed by atoms with Gasteiger partial charge in [0.1, 0.15) is 0 Å². The first-order valence-corrected chi connectivity index (χ1v) is 6.41. The molecule has 0 aromatic rings. The van der Waals surface area contributed by atoms with E-state index in [1.165, 1.54) is 21.3 Å². The van der Waals surface area contributed by atoms with Crippen molar-refractivity contribution in [2.24, 2.45) is 0 Å². The molecule has 0 aliphatic heterocycles. The summed E-state index contributed by atoms with van der Waals surface area (Å²) in [5.41, 5.74) is 0. The monoisotopic (exact) mass is 196 g/mol. The van der Waals surface area contributed by atoms with Gasteiger partial charge in [0.25, 0.3) is 0 Å². The van der Waals surface area contributed by atoms with Crippen LogP contribution in [0.25, 0.3) is 0 Å². The van der Waals surface area contributed by atoms with Crippen LogP contribution in [0.5, 0.6) is 0 Å². The van der Waals surface area contributed by atoms with Crippen molar-refractivity contribution in [3.8, 4) is 0 Å². The molecule has 0 aromatic carbocycles. The van der Waals surface area contributed by atoms with E-state index < -0.39 is 7.26 Å². The van der Waals surface area contributed by atoms with E-state index in [4.69, 9.17) is 0 Å². The van der Waals surface area contributed by atoms with Crippen molar-refractivity contribution in [3.05, 3.63) is 47.6 Å². The molecule has 0 aromatic heterocycles. The van der Waals surface area contributed by atoms with E-state index in [2.05, 4.69) is 54.0 Å². The third kappa shape index (κ3) is 1.84. The zero-order valence-electron chi connectivity index (χ0n) is 9.33. The molecule has 0 saturated heterocycles. The molecular weight excluding hydrogens is 175 g/mol. The molecule has 13 heavy (non-hydrogen) atoms. The minimum absolute atomic E-state index is 1.18. The van der Waals surface area contributed by atoms with Crippen molar-refractivity contribution in [1.29, 1.82) is 0 Å².